The Labute approximate surface area is 325 Å². The summed E-state index contributed by atoms with van der Waals surface area (Å²) in [5, 5.41) is 0.362. The van der Waals surface area contributed by atoms with Crippen LogP contribution in [0, 0.1) is 17.3 Å². The first kappa shape index (κ1) is 45.9. The van der Waals surface area contributed by atoms with E-state index < -0.39 is 25.0 Å². The topological polar surface area (TPSA) is 54.0 Å². The molecule has 52 heavy (non-hydrogen) atoms. The van der Waals surface area contributed by atoms with E-state index in [4.69, 9.17) is 18.0 Å². The maximum atomic E-state index is 13.3. The summed E-state index contributed by atoms with van der Waals surface area (Å²) in [6.45, 7) is 39.4. The third kappa shape index (κ3) is 11.3. The number of rotatable bonds is 15. The van der Waals surface area contributed by atoms with Crippen molar-refractivity contribution in [1.29, 1.82) is 0 Å². The number of fused-ring (bicyclic) bond motifs is 1. The van der Waals surface area contributed by atoms with Gasteiger partial charge in [0.05, 0.1) is 17.8 Å². The van der Waals surface area contributed by atoms with E-state index in [1.165, 1.54) is 31.3 Å². The van der Waals surface area contributed by atoms with Crippen molar-refractivity contribution in [3.8, 4) is 0 Å². The highest BCUT2D eigenvalue weighted by Crippen LogP contribution is 2.59. The molecule has 3 aliphatic carbocycles. The van der Waals surface area contributed by atoms with Crippen molar-refractivity contribution in [2.45, 2.75) is 233 Å². The number of esters is 1. The number of hydrogen-bond acceptors (Lipinski definition) is 5. The molecule has 3 rings (SSSR count). The fourth-order valence-corrected chi connectivity index (χ4v) is 15.2. The number of carbonyl (C=O) groups is 1. The third-order valence-corrected chi connectivity index (χ3v) is 28.8. The molecule has 302 valence electrons. The molecule has 0 aliphatic heterocycles. The zero-order valence-electron chi connectivity index (χ0n) is 37.3. The molecule has 0 bridgehead atoms. The van der Waals surface area contributed by atoms with Gasteiger partial charge in [-0.05, 0) is 144 Å². The van der Waals surface area contributed by atoms with Crippen molar-refractivity contribution in [2.24, 2.45) is 17.3 Å². The lowest BCUT2D eigenvalue weighted by Crippen LogP contribution is -2.48. The van der Waals surface area contributed by atoms with E-state index in [0.29, 0.717) is 24.7 Å². The smallest absolute Gasteiger partial charge is 0.306 e. The van der Waals surface area contributed by atoms with E-state index >= 15 is 0 Å². The second-order valence-electron chi connectivity index (χ2n) is 21.1. The minimum Gasteiger partial charge on any atom is -0.462 e. The molecule has 0 saturated heterocycles. The molecule has 3 fully saturated rings. The van der Waals surface area contributed by atoms with E-state index in [0.717, 1.165) is 43.8 Å². The van der Waals surface area contributed by atoms with Gasteiger partial charge >= 0.3 is 5.97 Å². The molecule has 0 aromatic heterocycles. The summed E-state index contributed by atoms with van der Waals surface area (Å²) >= 11 is 0. The lowest BCUT2D eigenvalue weighted by atomic mass is 9.62. The zero-order valence-corrected chi connectivity index (χ0v) is 40.3. The van der Waals surface area contributed by atoms with Gasteiger partial charge in [-0.2, -0.15) is 0 Å². The van der Waals surface area contributed by atoms with Gasteiger partial charge in [0.1, 0.15) is 6.10 Å². The maximum absolute atomic E-state index is 13.3. The molecular weight excluding hydrogens is 693 g/mol. The van der Waals surface area contributed by atoms with Crippen molar-refractivity contribution in [3.63, 3.8) is 0 Å². The largest absolute Gasteiger partial charge is 0.462 e. The maximum Gasteiger partial charge on any atom is 0.306 e. The van der Waals surface area contributed by atoms with Crippen molar-refractivity contribution in [1.82, 2.24) is 0 Å². The predicted octanol–water partition coefficient (Wildman–Crippen LogP) is 13.5. The summed E-state index contributed by atoms with van der Waals surface area (Å²) < 4.78 is 27.2. The molecule has 0 aromatic rings. The Hall–Kier alpha value is -0.519. The minimum atomic E-state index is -1.92. The number of ether oxygens (including phenoxy) is 1. The molecular formula is C44H84O5Si3. The molecule has 0 heterocycles. The molecule has 6 atom stereocenters. The van der Waals surface area contributed by atoms with Crippen LogP contribution < -0.4 is 0 Å². The zero-order chi connectivity index (χ0) is 39.6. The van der Waals surface area contributed by atoms with Crippen LogP contribution in [0.4, 0.5) is 0 Å². The Bertz CT molecular complexity index is 1200. The summed E-state index contributed by atoms with van der Waals surface area (Å²) in [5.74, 6) is 0.876. The van der Waals surface area contributed by atoms with Gasteiger partial charge in [0.25, 0.3) is 0 Å². The van der Waals surface area contributed by atoms with Gasteiger partial charge < -0.3 is 18.0 Å². The molecule has 8 heteroatoms. The Morgan fingerprint density at radius 3 is 1.85 bits per heavy atom. The van der Waals surface area contributed by atoms with Gasteiger partial charge in [-0.3, -0.25) is 4.79 Å². The molecule has 3 saturated carbocycles. The first-order valence-electron chi connectivity index (χ1n) is 21.4. The van der Waals surface area contributed by atoms with E-state index in [9.17, 15) is 4.79 Å². The van der Waals surface area contributed by atoms with Gasteiger partial charge in [0.15, 0.2) is 25.0 Å². The summed E-state index contributed by atoms with van der Waals surface area (Å²) in [5.41, 5.74) is 2.95. The summed E-state index contributed by atoms with van der Waals surface area (Å²) in [7, 11) is -5.58. The molecule has 0 unspecified atom stereocenters. The van der Waals surface area contributed by atoms with Crippen LogP contribution in [0.25, 0.3) is 0 Å². The summed E-state index contributed by atoms with van der Waals surface area (Å²) in [6, 6.07) is 3.37. The van der Waals surface area contributed by atoms with Crippen LogP contribution in [-0.4, -0.2) is 54.8 Å². The first-order chi connectivity index (χ1) is 23.7. The van der Waals surface area contributed by atoms with Gasteiger partial charge in [-0.15, -0.1) is 0 Å². The first-order valence-corrected chi connectivity index (χ1v) is 29.7. The molecule has 0 radical (unpaired) electrons. The quantitative estimate of drug-likeness (QED) is 0.122. The Balaban J connectivity index is 1.74. The van der Waals surface area contributed by atoms with Crippen LogP contribution in [0.1, 0.15) is 154 Å². The van der Waals surface area contributed by atoms with Crippen LogP contribution in [-0.2, 0) is 22.8 Å². The lowest BCUT2D eigenvalue weighted by molar-refractivity contribution is -0.154. The van der Waals surface area contributed by atoms with Gasteiger partial charge in [-0.1, -0.05) is 92.5 Å². The minimum absolute atomic E-state index is 0.0643. The number of allylic oxidation sites excluding steroid dienone is 3. The van der Waals surface area contributed by atoms with Crippen molar-refractivity contribution in [2.75, 3.05) is 0 Å². The highest BCUT2D eigenvalue weighted by atomic mass is 28.4. The monoisotopic (exact) mass is 777 g/mol. The third-order valence-electron chi connectivity index (χ3n) is 14.9. The van der Waals surface area contributed by atoms with E-state index in [1.54, 1.807) is 5.57 Å². The standard InChI is InChI=1S/C44H84O5Si3/c1-18-52(19-2,20-3)49-43(11,12)29-27-40(45)46-33(4)38-25-26-39-35(22-21-28-44(38,39)13)24-23-34-30-36(47-50(14,15)41(5,6)7)32-37(31-34)48-51(16,17)42(8,9)10/h23-24,33,36-39H,18-22,25-32H2,1-17H3/t33-,36+,37+,38+,39-,44+/m0/s1. The van der Waals surface area contributed by atoms with E-state index in [1.807, 2.05) is 0 Å². The SMILES string of the molecule is CC[Si](CC)(CC)OC(C)(C)CCC(=O)O[C@@H](C)[C@H]1CC[C@H]2C(=CC=C3C[C@@H](O[Si](C)(C)C(C)(C)C)C[C@H](O[Si](C)(C)C(C)(C)C)C3)CCC[C@]12C. The average molecular weight is 777 g/mol. The van der Waals surface area contributed by atoms with Crippen molar-refractivity contribution in [3.05, 3.63) is 23.3 Å². The van der Waals surface area contributed by atoms with Gasteiger partial charge in [0.2, 0.25) is 0 Å². The second-order valence-corrected chi connectivity index (χ2v) is 35.3. The summed E-state index contributed by atoms with van der Waals surface area (Å²) in [6.07, 6.45) is 15.4. The Morgan fingerprint density at radius 1 is 0.846 bits per heavy atom. The summed E-state index contributed by atoms with van der Waals surface area (Å²) in [4.78, 5) is 13.3. The van der Waals surface area contributed by atoms with E-state index in [-0.39, 0.29) is 45.4 Å². The van der Waals surface area contributed by atoms with Crippen LogP contribution in [0.3, 0.4) is 0 Å². The molecule has 0 amide bonds. The molecule has 3 aliphatic rings. The van der Waals surface area contributed by atoms with Crippen LogP contribution >= 0.6 is 0 Å². The number of hydrogen-bond donors (Lipinski definition) is 0. The Kier molecular flexibility index (Phi) is 15.3. The fourth-order valence-electron chi connectivity index (χ4n) is 9.26. The second kappa shape index (κ2) is 17.3. The van der Waals surface area contributed by atoms with Crippen molar-refractivity contribution < 1.29 is 22.8 Å². The fraction of sp³-hybridized carbons (Fsp3) is 0.886. The van der Waals surface area contributed by atoms with Crippen molar-refractivity contribution >= 4 is 30.9 Å². The molecule has 0 spiro atoms. The van der Waals surface area contributed by atoms with Crippen LogP contribution in [0.2, 0.25) is 54.4 Å². The highest BCUT2D eigenvalue weighted by molar-refractivity contribution is 6.74. The Morgan fingerprint density at radius 2 is 1.37 bits per heavy atom. The highest BCUT2D eigenvalue weighted by Gasteiger charge is 2.52. The molecule has 5 nitrogen and oxygen atoms in total. The normalized spacial score (nSPS) is 28.2. The van der Waals surface area contributed by atoms with Gasteiger partial charge in [-0.25, -0.2) is 0 Å². The van der Waals surface area contributed by atoms with E-state index in [2.05, 4.69) is 128 Å². The predicted molar refractivity (Wildman–Crippen MR) is 229 cm³/mol. The van der Waals surface area contributed by atoms with Crippen LogP contribution in [0.15, 0.2) is 23.3 Å². The average Bonchev–Trinajstić information content (AvgIpc) is 3.38. The number of carbonyl (C=O) groups excluding carboxylic acids is 1. The molecule has 0 aromatic carbocycles. The van der Waals surface area contributed by atoms with Crippen LogP contribution in [0.5, 0.6) is 0 Å². The van der Waals surface area contributed by atoms with Gasteiger partial charge in [0, 0.05) is 12.3 Å². The lowest BCUT2D eigenvalue weighted by Gasteiger charge is -2.45. The molecule has 0 N–H and O–H groups in total.